The average Bonchev–Trinajstić information content (AvgIpc) is 2.33. The van der Waals surface area contributed by atoms with Crippen molar-refractivity contribution in [3.63, 3.8) is 0 Å². The lowest BCUT2D eigenvalue weighted by molar-refractivity contribution is -0.169. The van der Waals surface area contributed by atoms with Gasteiger partial charge >= 0.3 is 0 Å². The number of hydrogen-bond acceptors (Lipinski definition) is 2. The van der Waals surface area contributed by atoms with Gasteiger partial charge in [0, 0.05) is 0 Å². The van der Waals surface area contributed by atoms with Crippen molar-refractivity contribution >= 4 is 0 Å². The van der Waals surface area contributed by atoms with E-state index in [0.29, 0.717) is 0 Å². The second kappa shape index (κ2) is 2.89. The van der Waals surface area contributed by atoms with Crippen LogP contribution >= 0.6 is 0 Å². The predicted octanol–water partition coefficient (Wildman–Crippen LogP) is 1.94. The van der Waals surface area contributed by atoms with Crippen LogP contribution in [0.15, 0.2) is 0 Å². The third kappa shape index (κ3) is 1.32. The quantitative estimate of drug-likeness (QED) is 0.589. The van der Waals surface area contributed by atoms with Gasteiger partial charge in [0.15, 0.2) is 5.79 Å². The maximum atomic E-state index is 5.62. The molecular weight excluding hydrogens is 128 g/mol. The summed E-state index contributed by atoms with van der Waals surface area (Å²) < 4.78 is 11.2. The van der Waals surface area contributed by atoms with Gasteiger partial charge in [0.25, 0.3) is 0 Å². The average molecular weight is 144 g/mol. The summed E-state index contributed by atoms with van der Waals surface area (Å²) in [7, 11) is 0. The van der Waals surface area contributed by atoms with Crippen LogP contribution in [0, 0.1) is 0 Å². The van der Waals surface area contributed by atoms with Crippen molar-refractivity contribution in [1.29, 1.82) is 0 Å². The Labute approximate surface area is 62.5 Å². The smallest absolute Gasteiger partial charge is 0.168 e. The van der Waals surface area contributed by atoms with E-state index in [4.69, 9.17) is 9.47 Å². The molecule has 1 saturated heterocycles. The summed E-state index contributed by atoms with van der Waals surface area (Å²) in [6, 6.07) is 0. The van der Waals surface area contributed by atoms with Gasteiger partial charge in [-0.1, -0.05) is 13.8 Å². The predicted molar refractivity (Wildman–Crippen MR) is 39.8 cm³/mol. The van der Waals surface area contributed by atoms with E-state index in [-0.39, 0.29) is 11.9 Å². The molecule has 1 heterocycles. The van der Waals surface area contributed by atoms with Crippen LogP contribution in [0.2, 0.25) is 0 Å². The highest BCUT2D eigenvalue weighted by molar-refractivity contribution is 4.73. The molecular formula is C8H16O2. The van der Waals surface area contributed by atoms with Crippen LogP contribution in [0.4, 0.5) is 0 Å². The Morgan fingerprint density at radius 3 is 2.20 bits per heavy atom. The van der Waals surface area contributed by atoms with E-state index < -0.39 is 0 Å². The fourth-order valence-corrected chi connectivity index (χ4v) is 1.32. The Morgan fingerprint density at radius 1 is 1.40 bits per heavy atom. The second-order valence-electron chi connectivity index (χ2n) is 2.86. The van der Waals surface area contributed by atoms with Crippen molar-refractivity contribution in [2.75, 3.05) is 6.61 Å². The Balaban J connectivity index is 2.51. The summed E-state index contributed by atoms with van der Waals surface area (Å²) in [4.78, 5) is 0. The van der Waals surface area contributed by atoms with E-state index in [2.05, 4.69) is 13.8 Å². The van der Waals surface area contributed by atoms with Crippen molar-refractivity contribution in [3.8, 4) is 0 Å². The zero-order valence-corrected chi connectivity index (χ0v) is 7.02. The first-order valence-corrected chi connectivity index (χ1v) is 4.04. The lowest BCUT2D eigenvalue weighted by atomic mass is 10.1. The maximum Gasteiger partial charge on any atom is 0.168 e. The van der Waals surface area contributed by atoms with Gasteiger partial charge in [0.2, 0.25) is 0 Å². The highest BCUT2D eigenvalue weighted by Gasteiger charge is 2.36. The number of ether oxygens (including phenoxy) is 2. The van der Waals surface area contributed by atoms with Gasteiger partial charge in [-0.15, -0.1) is 0 Å². The van der Waals surface area contributed by atoms with Crippen LogP contribution in [0.25, 0.3) is 0 Å². The minimum absolute atomic E-state index is 0.251. The standard InChI is InChI=1S/C8H16O2/c1-4-8(5-2)9-6-7(3)10-8/h7H,4-6H2,1-3H3/t7-/m0/s1. The summed E-state index contributed by atoms with van der Waals surface area (Å²) in [5, 5.41) is 0. The lowest BCUT2D eigenvalue weighted by Crippen LogP contribution is -2.28. The molecule has 0 saturated carbocycles. The van der Waals surface area contributed by atoms with Crippen molar-refractivity contribution < 1.29 is 9.47 Å². The molecule has 0 radical (unpaired) electrons. The SMILES string of the molecule is CCC1(CC)OC[C@H](C)O1. The molecule has 0 bridgehead atoms. The summed E-state index contributed by atoms with van der Waals surface area (Å²) in [5.41, 5.74) is 0. The molecule has 1 atom stereocenters. The monoisotopic (exact) mass is 144 g/mol. The zero-order chi connectivity index (χ0) is 7.61. The van der Waals surface area contributed by atoms with Gasteiger partial charge in [0.1, 0.15) is 0 Å². The molecule has 10 heavy (non-hydrogen) atoms. The van der Waals surface area contributed by atoms with Gasteiger partial charge in [-0.2, -0.15) is 0 Å². The molecule has 0 aromatic carbocycles. The molecule has 0 unspecified atom stereocenters. The summed E-state index contributed by atoms with van der Waals surface area (Å²) in [6.45, 7) is 7.00. The minimum Gasteiger partial charge on any atom is -0.347 e. The van der Waals surface area contributed by atoms with Crippen molar-refractivity contribution in [1.82, 2.24) is 0 Å². The van der Waals surface area contributed by atoms with Gasteiger partial charge < -0.3 is 9.47 Å². The molecule has 2 nitrogen and oxygen atoms in total. The van der Waals surface area contributed by atoms with E-state index in [9.17, 15) is 0 Å². The van der Waals surface area contributed by atoms with Crippen molar-refractivity contribution in [3.05, 3.63) is 0 Å². The first kappa shape index (κ1) is 8.02. The van der Waals surface area contributed by atoms with Crippen molar-refractivity contribution in [2.24, 2.45) is 0 Å². The van der Waals surface area contributed by atoms with Crippen LogP contribution in [-0.2, 0) is 9.47 Å². The van der Waals surface area contributed by atoms with E-state index in [1.54, 1.807) is 0 Å². The molecule has 0 aromatic rings. The number of rotatable bonds is 2. The van der Waals surface area contributed by atoms with Crippen LogP contribution in [0.3, 0.4) is 0 Å². The molecule has 1 aliphatic heterocycles. The first-order chi connectivity index (χ1) is 4.72. The molecule has 0 aliphatic carbocycles. The summed E-state index contributed by atoms with van der Waals surface area (Å²) >= 11 is 0. The molecule has 1 fully saturated rings. The highest BCUT2D eigenvalue weighted by atomic mass is 16.7. The van der Waals surface area contributed by atoms with Crippen LogP contribution in [0.5, 0.6) is 0 Å². The van der Waals surface area contributed by atoms with Gasteiger partial charge in [-0.05, 0) is 19.8 Å². The van der Waals surface area contributed by atoms with E-state index in [0.717, 1.165) is 19.4 Å². The van der Waals surface area contributed by atoms with Crippen LogP contribution < -0.4 is 0 Å². The van der Waals surface area contributed by atoms with Crippen LogP contribution in [0.1, 0.15) is 33.6 Å². The largest absolute Gasteiger partial charge is 0.347 e. The molecule has 0 N–H and O–H groups in total. The molecule has 0 spiro atoms. The third-order valence-electron chi connectivity index (χ3n) is 2.07. The molecule has 1 rings (SSSR count). The third-order valence-corrected chi connectivity index (χ3v) is 2.07. The molecule has 0 aromatic heterocycles. The fraction of sp³-hybridized carbons (Fsp3) is 1.00. The Morgan fingerprint density at radius 2 is 2.00 bits per heavy atom. The number of hydrogen-bond donors (Lipinski definition) is 0. The summed E-state index contributed by atoms with van der Waals surface area (Å²) in [5.74, 6) is -0.251. The van der Waals surface area contributed by atoms with E-state index in [1.807, 2.05) is 6.92 Å². The Bertz CT molecular complexity index is 108. The van der Waals surface area contributed by atoms with E-state index >= 15 is 0 Å². The lowest BCUT2D eigenvalue weighted by Gasteiger charge is -2.24. The van der Waals surface area contributed by atoms with Crippen molar-refractivity contribution in [2.45, 2.75) is 45.5 Å². The highest BCUT2D eigenvalue weighted by Crippen LogP contribution is 2.29. The normalized spacial score (nSPS) is 30.9. The fourth-order valence-electron chi connectivity index (χ4n) is 1.32. The molecule has 1 aliphatic rings. The minimum atomic E-state index is -0.251. The van der Waals surface area contributed by atoms with Crippen LogP contribution in [-0.4, -0.2) is 18.5 Å². The summed E-state index contributed by atoms with van der Waals surface area (Å²) in [6.07, 6.45) is 2.18. The topological polar surface area (TPSA) is 18.5 Å². The molecule has 0 amide bonds. The molecule has 60 valence electrons. The Kier molecular flexibility index (Phi) is 2.32. The maximum absolute atomic E-state index is 5.62. The first-order valence-electron chi connectivity index (χ1n) is 4.04. The van der Waals surface area contributed by atoms with Gasteiger partial charge in [0.05, 0.1) is 12.7 Å². The second-order valence-corrected chi connectivity index (χ2v) is 2.86. The zero-order valence-electron chi connectivity index (χ0n) is 7.02. The van der Waals surface area contributed by atoms with Gasteiger partial charge in [-0.25, -0.2) is 0 Å². The Hall–Kier alpha value is -0.0800. The van der Waals surface area contributed by atoms with Gasteiger partial charge in [-0.3, -0.25) is 0 Å². The van der Waals surface area contributed by atoms with E-state index in [1.165, 1.54) is 0 Å². The molecule has 2 heteroatoms.